The molecule has 0 radical (unpaired) electrons. The fourth-order valence-electron chi connectivity index (χ4n) is 2.25. The fourth-order valence-corrected chi connectivity index (χ4v) is 2.42. The number of aryl methyl sites for hydroxylation is 1. The number of fused-ring (bicyclic) bond motifs is 1. The molecule has 1 aromatic carbocycles. The van der Waals surface area contributed by atoms with E-state index in [2.05, 4.69) is 26.7 Å². The molecule has 0 fully saturated rings. The molecular weight excluding hydrogens is 258 g/mol. The zero-order chi connectivity index (χ0) is 13.1. The second kappa shape index (κ2) is 5.41. The summed E-state index contributed by atoms with van der Waals surface area (Å²) in [7, 11) is 0. The molecule has 0 atom stereocenters. The maximum absolute atomic E-state index is 5.87. The highest BCUT2D eigenvalue weighted by atomic mass is 35.5. The summed E-state index contributed by atoms with van der Waals surface area (Å²) in [4.78, 5) is 8.82. The predicted molar refractivity (Wildman–Crippen MR) is 77.5 cm³/mol. The second-order valence-electron chi connectivity index (χ2n) is 4.40. The molecule has 0 bridgehead atoms. The molecule has 2 heterocycles. The van der Waals surface area contributed by atoms with Crippen LogP contribution < -0.4 is 0 Å². The first-order chi connectivity index (χ1) is 9.38. The summed E-state index contributed by atoms with van der Waals surface area (Å²) in [6, 6.07) is 12.2. The van der Waals surface area contributed by atoms with Crippen LogP contribution in [0.3, 0.4) is 0 Å². The van der Waals surface area contributed by atoms with E-state index < -0.39 is 0 Å². The molecule has 3 aromatic rings. The average Bonchev–Trinajstić information content (AvgIpc) is 2.79. The Kier molecular flexibility index (Phi) is 3.47. The fraction of sp³-hybridized carbons (Fsp3) is 0.200. The Labute approximate surface area is 116 Å². The molecule has 19 heavy (non-hydrogen) atoms. The summed E-state index contributed by atoms with van der Waals surface area (Å²) in [6.45, 7) is 0.778. The number of pyridine rings is 1. The van der Waals surface area contributed by atoms with E-state index >= 15 is 0 Å². The molecule has 0 saturated heterocycles. The van der Waals surface area contributed by atoms with Crippen LogP contribution in [-0.4, -0.2) is 20.4 Å². The van der Waals surface area contributed by atoms with Gasteiger partial charge in [-0.1, -0.05) is 18.2 Å². The molecule has 4 heteroatoms. The first kappa shape index (κ1) is 12.2. The van der Waals surface area contributed by atoms with Crippen LogP contribution in [-0.2, 0) is 13.0 Å². The van der Waals surface area contributed by atoms with Gasteiger partial charge in [-0.2, -0.15) is 0 Å². The number of para-hydroxylation sites is 2. The van der Waals surface area contributed by atoms with E-state index in [1.807, 2.05) is 30.5 Å². The van der Waals surface area contributed by atoms with Crippen LogP contribution in [0.2, 0.25) is 0 Å². The SMILES string of the molecule is ClCCc1nc2ccccc2n1Cc1cccnc1. The van der Waals surface area contributed by atoms with Gasteiger partial charge in [0.2, 0.25) is 0 Å². The van der Waals surface area contributed by atoms with Gasteiger partial charge in [-0.25, -0.2) is 4.98 Å². The summed E-state index contributed by atoms with van der Waals surface area (Å²) < 4.78 is 2.22. The Morgan fingerprint density at radius 1 is 1.11 bits per heavy atom. The van der Waals surface area contributed by atoms with Gasteiger partial charge < -0.3 is 4.57 Å². The van der Waals surface area contributed by atoms with E-state index in [0.29, 0.717) is 5.88 Å². The van der Waals surface area contributed by atoms with Gasteiger partial charge >= 0.3 is 0 Å². The zero-order valence-corrected chi connectivity index (χ0v) is 11.2. The van der Waals surface area contributed by atoms with Crippen molar-refractivity contribution >= 4 is 22.6 Å². The molecule has 96 valence electrons. The van der Waals surface area contributed by atoms with E-state index in [1.165, 1.54) is 5.56 Å². The number of rotatable bonds is 4. The number of imidazole rings is 1. The Hall–Kier alpha value is -1.87. The van der Waals surface area contributed by atoms with Crippen molar-refractivity contribution in [1.29, 1.82) is 0 Å². The highest BCUT2D eigenvalue weighted by molar-refractivity contribution is 6.17. The first-order valence-electron chi connectivity index (χ1n) is 6.27. The van der Waals surface area contributed by atoms with E-state index in [9.17, 15) is 0 Å². The van der Waals surface area contributed by atoms with Gasteiger partial charge in [-0.3, -0.25) is 4.98 Å². The predicted octanol–water partition coefficient (Wildman–Crippen LogP) is 3.26. The summed E-state index contributed by atoms with van der Waals surface area (Å²) in [5.41, 5.74) is 3.33. The zero-order valence-electron chi connectivity index (χ0n) is 10.5. The van der Waals surface area contributed by atoms with E-state index in [1.54, 1.807) is 6.20 Å². The van der Waals surface area contributed by atoms with Crippen LogP contribution >= 0.6 is 11.6 Å². The molecule has 0 spiro atoms. The number of alkyl halides is 1. The molecule has 0 amide bonds. The van der Waals surface area contributed by atoms with Crippen molar-refractivity contribution in [3.63, 3.8) is 0 Å². The Morgan fingerprint density at radius 2 is 2.00 bits per heavy atom. The third-order valence-electron chi connectivity index (χ3n) is 3.12. The van der Waals surface area contributed by atoms with Gasteiger partial charge in [0.1, 0.15) is 5.82 Å². The van der Waals surface area contributed by atoms with Gasteiger partial charge in [-0.05, 0) is 23.8 Å². The van der Waals surface area contributed by atoms with Crippen molar-refractivity contribution in [2.75, 3.05) is 5.88 Å². The maximum Gasteiger partial charge on any atom is 0.111 e. The summed E-state index contributed by atoms with van der Waals surface area (Å²) in [5.74, 6) is 1.61. The Morgan fingerprint density at radius 3 is 2.79 bits per heavy atom. The highest BCUT2D eigenvalue weighted by Crippen LogP contribution is 2.18. The van der Waals surface area contributed by atoms with E-state index in [4.69, 9.17) is 11.6 Å². The lowest BCUT2D eigenvalue weighted by Gasteiger charge is -2.08. The summed E-state index contributed by atoms with van der Waals surface area (Å²) in [6.07, 6.45) is 4.45. The molecule has 2 aromatic heterocycles. The molecule has 0 aliphatic heterocycles. The number of hydrogen-bond donors (Lipinski definition) is 0. The van der Waals surface area contributed by atoms with E-state index in [-0.39, 0.29) is 0 Å². The van der Waals surface area contributed by atoms with Gasteiger partial charge in [-0.15, -0.1) is 11.6 Å². The standard InChI is InChI=1S/C15H14ClN3/c16-8-7-15-18-13-5-1-2-6-14(13)19(15)11-12-4-3-9-17-10-12/h1-6,9-10H,7-8,11H2. The minimum absolute atomic E-state index is 0.580. The molecule has 0 aliphatic carbocycles. The van der Waals surface area contributed by atoms with Crippen LogP contribution in [0.5, 0.6) is 0 Å². The van der Waals surface area contributed by atoms with Crippen LogP contribution in [0.15, 0.2) is 48.8 Å². The van der Waals surface area contributed by atoms with E-state index in [0.717, 1.165) is 29.8 Å². The molecule has 0 N–H and O–H groups in total. The number of hydrogen-bond acceptors (Lipinski definition) is 2. The van der Waals surface area contributed by atoms with Crippen molar-refractivity contribution in [3.05, 3.63) is 60.2 Å². The highest BCUT2D eigenvalue weighted by Gasteiger charge is 2.10. The average molecular weight is 272 g/mol. The van der Waals surface area contributed by atoms with Crippen LogP contribution in [0.4, 0.5) is 0 Å². The Balaban J connectivity index is 2.07. The van der Waals surface area contributed by atoms with Gasteiger partial charge in [0, 0.05) is 24.7 Å². The third kappa shape index (κ3) is 2.47. The molecule has 0 unspecified atom stereocenters. The van der Waals surface area contributed by atoms with Crippen LogP contribution in [0.25, 0.3) is 11.0 Å². The minimum atomic E-state index is 0.580. The largest absolute Gasteiger partial charge is 0.323 e. The monoisotopic (exact) mass is 271 g/mol. The lowest BCUT2D eigenvalue weighted by atomic mass is 10.2. The second-order valence-corrected chi connectivity index (χ2v) is 4.78. The topological polar surface area (TPSA) is 30.7 Å². The number of halogens is 1. The molecule has 0 saturated carbocycles. The van der Waals surface area contributed by atoms with Crippen molar-refractivity contribution in [1.82, 2.24) is 14.5 Å². The van der Waals surface area contributed by atoms with Crippen LogP contribution in [0, 0.1) is 0 Å². The summed E-state index contributed by atoms with van der Waals surface area (Å²) in [5, 5.41) is 0. The number of aromatic nitrogens is 3. The van der Waals surface area contributed by atoms with Gasteiger partial charge in [0.25, 0.3) is 0 Å². The molecule has 0 aliphatic rings. The number of benzene rings is 1. The van der Waals surface area contributed by atoms with Gasteiger partial charge in [0.05, 0.1) is 17.6 Å². The first-order valence-corrected chi connectivity index (χ1v) is 6.81. The third-order valence-corrected chi connectivity index (χ3v) is 3.30. The molecular formula is C15H14ClN3. The minimum Gasteiger partial charge on any atom is -0.323 e. The van der Waals surface area contributed by atoms with Crippen molar-refractivity contribution < 1.29 is 0 Å². The van der Waals surface area contributed by atoms with Crippen molar-refractivity contribution in [2.24, 2.45) is 0 Å². The maximum atomic E-state index is 5.87. The lowest BCUT2D eigenvalue weighted by molar-refractivity contribution is 0.752. The molecule has 3 nitrogen and oxygen atoms in total. The summed E-state index contributed by atoms with van der Waals surface area (Å²) >= 11 is 5.87. The Bertz CT molecular complexity index is 676. The number of nitrogens with zero attached hydrogens (tertiary/aromatic N) is 3. The van der Waals surface area contributed by atoms with Crippen LogP contribution in [0.1, 0.15) is 11.4 Å². The van der Waals surface area contributed by atoms with Crippen molar-refractivity contribution in [3.8, 4) is 0 Å². The normalized spacial score (nSPS) is 11.0. The lowest BCUT2D eigenvalue weighted by Crippen LogP contribution is -2.06. The smallest absolute Gasteiger partial charge is 0.111 e. The molecule has 3 rings (SSSR count). The van der Waals surface area contributed by atoms with Crippen molar-refractivity contribution in [2.45, 2.75) is 13.0 Å². The quantitative estimate of drug-likeness (QED) is 0.682. The van der Waals surface area contributed by atoms with Gasteiger partial charge in [0.15, 0.2) is 0 Å².